The smallest absolute Gasteiger partial charge is 0.248 e. The number of likely N-dealkylation sites (tertiary alicyclic amines) is 2. The van der Waals surface area contributed by atoms with E-state index in [1.165, 1.54) is 0 Å². The number of nitrogens with zero attached hydrogens (tertiary/aromatic N) is 3. The Morgan fingerprint density at radius 2 is 1.74 bits per heavy atom. The van der Waals surface area contributed by atoms with Gasteiger partial charge in [-0.3, -0.25) is 14.6 Å². The zero-order valence-corrected chi connectivity index (χ0v) is 15.5. The zero-order chi connectivity index (χ0) is 18.7. The molecule has 5 heteroatoms. The molecule has 5 nitrogen and oxygen atoms in total. The van der Waals surface area contributed by atoms with Gasteiger partial charge in [0.2, 0.25) is 11.8 Å². The van der Waals surface area contributed by atoms with Crippen molar-refractivity contribution in [3.8, 4) is 0 Å². The molecular formula is C22H25N3O2. The van der Waals surface area contributed by atoms with Crippen LogP contribution in [0.3, 0.4) is 0 Å². The highest BCUT2D eigenvalue weighted by Gasteiger charge is 2.52. The monoisotopic (exact) mass is 363 g/mol. The molecular weight excluding hydrogens is 338 g/mol. The molecule has 2 aromatic rings. The molecule has 1 atom stereocenters. The second kappa shape index (κ2) is 7.51. The summed E-state index contributed by atoms with van der Waals surface area (Å²) in [5, 5.41) is 0. The van der Waals surface area contributed by atoms with Crippen molar-refractivity contribution in [2.75, 3.05) is 13.1 Å². The number of carbonyl (C=O) groups is 2. The number of pyridine rings is 1. The average molecular weight is 363 g/mol. The Hall–Kier alpha value is -2.69. The molecule has 2 fully saturated rings. The minimum absolute atomic E-state index is 0.0374. The van der Waals surface area contributed by atoms with Crippen molar-refractivity contribution in [3.05, 3.63) is 66.0 Å². The first-order valence-corrected chi connectivity index (χ1v) is 9.72. The molecule has 1 aromatic heterocycles. The topological polar surface area (TPSA) is 53.5 Å². The predicted molar refractivity (Wildman–Crippen MR) is 103 cm³/mol. The van der Waals surface area contributed by atoms with Crippen LogP contribution < -0.4 is 0 Å². The minimum Gasteiger partial charge on any atom is -0.336 e. The number of piperidine rings is 1. The molecule has 0 saturated carbocycles. The molecule has 0 aliphatic carbocycles. The first-order chi connectivity index (χ1) is 13.2. The highest BCUT2D eigenvalue weighted by Crippen LogP contribution is 2.39. The Kier molecular flexibility index (Phi) is 4.92. The van der Waals surface area contributed by atoms with Crippen LogP contribution in [0.1, 0.15) is 36.8 Å². The van der Waals surface area contributed by atoms with Crippen LogP contribution in [0.4, 0.5) is 0 Å². The van der Waals surface area contributed by atoms with E-state index in [1.54, 1.807) is 12.4 Å². The summed E-state index contributed by atoms with van der Waals surface area (Å²) < 4.78 is 0. The van der Waals surface area contributed by atoms with E-state index in [0.29, 0.717) is 19.5 Å². The summed E-state index contributed by atoms with van der Waals surface area (Å²) in [5.41, 5.74) is 1.38. The maximum Gasteiger partial charge on any atom is 0.248 e. The summed E-state index contributed by atoms with van der Waals surface area (Å²) in [6.45, 7) is 2.05. The molecule has 0 bridgehead atoms. The number of hydrogen-bond acceptors (Lipinski definition) is 3. The molecule has 2 aliphatic heterocycles. The summed E-state index contributed by atoms with van der Waals surface area (Å²) in [4.78, 5) is 34.4. The minimum atomic E-state index is -0.647. The quantitative estimate of drug-likeness (QED) is 0.839. The largest absolute Gasteiger partial charge is 0.336 e. The molecule has 2 saturated heterocycles. The van der Waals surface area contributed by atoms with Crippen molar-refractivity contribution in [3.63, 3.8) is 0 Å². The second-order valence-electron chi connectivity index (χ2n) is 7.53. The fourth-order valence-electron chi connectivity index (χ4n) is 4.52. The van der Waals surface area contributed by atoms with Gasteiger partial charge in [0.1, 0.15) is 5.54 Å². The fraction of sp³-hybridized carbons (Fsp3) is 0.409. The molecule has 0 radical (unpaired) electrons. The van der Waals surface area contributed by atoms with E-state index in [0.717, 1.165) is 43.4 Å². The third-order valence-corrected chi connectivity index (χ3v) is 5.79. The van der Waals surface area contributed by atoms with Gasteiger partial charge in [-0.1, -0.05) is 36.4 Å². The highest BCUT2D eigenvalue weighted by atomic mass is 16.2. The Bertz CT molecular complexity index is 809. The zero-order valence-electron chi connectivity index (χ0n) is 15.5. The lowest BCUT2D eigenvalue weighted by Crippen LogP contribution is -2.61. The van der Waals surface area contributed by atoms with Crippen molar-refractivity contribution < 1.29 is 9.59 Å². The fourth-order valence-corrected chi connectivity index (χ4v) is 4.52. The van der Waals surface area contributed by atoms with Gasteiger partial charge in [0.05, 0.1) is 6.42 Å². The predicted octanol–water partition coefficient (Wildman–Crippen LogP) is 2.81. The van der Waals surface area contributed by atoms with Gasteiger partial charge in [-0.05, 0) is 42.9 Å². The van der Waals surface area contributed by atoms with Gasteiger partial charge in [-0.25, -0.2) is 0 Å². The SMILES string of the molecule is O=C(Cc1cccnc1)N1CCCC12CCCN(Cc1ccccc1)C2=O. The van der Waals surface area contributed by atoms with Crippen molar-refractivity contribution in [2.45, 2.75) is 44.2 Å². The van der Waals surface area contributed by atoms with Crippen LogP contribution in [0.25, 0.3) is 0 Å². The van der Waals surface area contributed by atoms with Gasteiger partial charge in [-0.15, -0.1) is 0 Å². The van der Waals surface area contributed by atoms with Gasteiger partial charge in [0.15, 0.2) is 0 Å². The van der Waals surface area contributed by atoms with Crippen molar-refractivity contribution >= 4 is 11.8 Å². The summed E-state index contributed by atoms with van der Waals surface area (Å²) in [6, 6.07) is 13.8. The maximum absolute atomic E-state index is 13.4. The van der Waals surface area contributed by atoms with E-state index in [2.05, 4.69) is 17.1 Å². The lowest BCUT2D eigenvalue weighted by atomic mass is 9.85. The van der Waals surface area contributed by atoms with E-state index in [-0.39, 0.29) is 11.8 Å². The molecule has 1 aromatic carbocycles. The molecule has 2 amide bonds. The molecule has 140 valence electrons. The Balaban J connectivity index is 1.53. The number of rotatable bonds is 4. The van der Waals surface area contributed by atoms with Crippen LogP contribution in [-0.2, 0) is 22.6 Å². The number of aromatic nitrogens is 1. The van der Waals surface area contributed by atoms with Crippen LogP contribution in [0, 0.1) is 0 Å². The maximum atomic E-state index is 13.4. The standard InChI is InChI=1S/C22H25N3O2/c26-20(15-19-9-4-12-23-16-19)25-14-6-11-22(25)10-5-13-24(21(22)27)17-18-7-2-1-3-8-18/h1-4,7-9,12,16H,5-6,10-11,13-15,17H2. The van der Waals surface area contributed by atoms with E-state index < -0.39 is 5.54 Å². The highest BCUT2D eigenvalue weighted by molar-refractivity contribution is 5.93. The molecule has 2 aliphatic rings. The normalized spacial score (nSPS) is 22.4. The van der Waals surface area contributed by atoms with E-state index in [1.807, 2.05) is 40.1 Å². The summed E-state index contributed by atoms with van der Waals surface area (Å²) in [6.07, 6.45) is 7.12. The van der Waals surface area contributed by atoms with Crippen molar-refractivity contribution in [2.24, 2.45) is 0 Å². The molecule has 1 spiro atoms. The molecule has 3 heterocycles. The van der Waals surface area contributed by atoms with Crippen LogP contribution >= 0.6 is 0 Å². The van der Waals surface area contributed by atoms with Crippen molar-refractivity contribution in [1.82, 2.24) is 14.8 Å². The van der Waals surface area contributed by atoms with Gasteiger partial charge in [0.25, 0.3) is 0 Å². The number of benzene rings is 1. The van der Waals surface area contributed by atoms with E-state index >= 15 is 0 Å². The van der Waals surface area contributed by atoms with Crippen molar-refractivity contribution in [1.29, 1.82) is 0 Å². The van der Waals surface area contributed by atoms with Gasteiger partial charge >= 0.3 is 0 Å². The Morgan fingerprint density at radius 1 is 1.00 bits per heavy atom. The third kappa shape index (κ3) is 3.46. The number of carbonyl (C=O) groups excluding carboxylic acids is 2. The first kappa shape index (κ1) is 17.7. The van der Waals surface area contributed by atoms with Gasteiger partial charge in [0, 0.05) is 32.0 Å². The van der Waals surface area contributed by atoms with Crippen LogP contribution in [0.2, 0.25) is 0 Å². The lowest BCUT2D eigenvalue weighted by molar-refractivity contribution is -0.155. The average Bonchev–Trinajstić information content (AvgIpc) is 3.12. The number of amides is 2. The third-order valence-electron chi connectivity index (χ3n) is 5.79. The lowest BCUT2D eigenvalue weighted by Gasteiger charge is -2.44. The van der Waals surface area contributed by atoms with Crippen LogP contribution in [0.15, 0.2) is 54.9 Å². The Morgan fingerprint density at radius 3 is 2.48 bits per heavy atom. The molecule has 27 heavy (non-hydrogen) atoms. The first-order valence-electron chi connectivity index (χ1n) is 9.72. The second-order valence-corrected chi connectivity index (χ2v) is 7.53. The molecule has 1 unspecified atom stereocenters. The van der Waals surface area contributed by atoms with Gasteiger partial charge < -0.3 is 9.80 Å². The van der Waals surface area contributed by atoms with Crippen LogP contribution in [-0.4, -0.2) is 45.2 Å². The van der Waals surface area contributed by atoms with E-state index in [9.17, 15) is 9.59 Å². The number of hydrogen-bond donors (Lipinski definition) is 0. The molecule has 0 N–H and O–H groups in total. The summed E-state index contributed by atoms with van der Waals surface area (Å²) >= 11 is 0. The molecule has 4 rings (SSSR count). The van der Waals surface area contributed by atoms with E-state index in [4.69, 9.17) is 0 Å². The van der Waals surface area contributed by atoms with Crippen LogP contribution in [0.5, 0.6) is 0 Å². The summed E-state index contributed by atoms with van der Waals surface area (Å²) in [5.74, 6) is 0.157. The summed E-state index contributed by atoms with van der Waals surface area (Å²) in [7, 11) is 0. The van der Waals surface area contributed by atoms with Gasteiger partial charge in [-0.2, -0.15) is 0 Å². The Labute approximate surface area is 160 Å².